The molecule has 1 atom stereocenters. The number of rotatable bonds is 5. The van der Waals surface area contributed by atoms with Crippen LogP contribution in [0.3, 0.4) is 0 Å². The molecule has 0 aliphatic heterocycles. The highest BCUT2D eigenvalue weighted by Crippen LogP contribution is 2.27. The van der Waals surface area contributed by atoms with Crippen LogP contribution < -0.4 is 5.32 Å². The number of H-pyrrole nitrogens is 1. The van der Waals surface area contributed by atoms with Gasteiger partial charge in [-0.25, -0.2) is 4.98 Å². The second-order valence-electron chi connectivity index (χ2n) is 5.20. The van der Waals surface area contributed by atoms with Gasteiger partial charge < -0.3 is 10.1 Å². The Kier molecular flexibility index (Phi) is 5.02. The van der Waals surface area contributed by atoms with Gasteiger partial charge in [0, 0.05) is 0 Å². The molecule has 0 spiro atoms. The van der Waals surface area contributed by atoms with E-state index in [-0.39, 0.29) is 19.1 Å². The van der Waals surface area contributed by atoms with E-state index in [1.807, 2.05) is 20.8 Å². The number of ether oxygens (including phenoxy) is 1. The topological polar surface area (TPSA) is 97.0 Å². The lowest BCUT2D eigenvalue weighted by Gasteiger charge is -2.27. The molecule has 0 radical (unpaired) electrons. The van der Waals surface area contributed by atoms with Crippen molar-refractivity contribution in [2.24, 2.45) is 11.3 Å². The van der Waals surface area contributed by atoms with Crippen LogP contribution >= 0.6 is 0 Å². The number of carbonyl (C=O) groups excluding carboxylic acids is 2. The maximum Gasteiger partial charge on any atom is 0.319 e. The fourth-order valence-electron chi connectivity index (χ4n) is 1.67. The summed E-state index contributed by atoms with van der Waals surface area (Å²) in [6, 6.07) is 0. The van der Waals surface area contributed by atoms with Gasteiger partial charge in [0.25, 0.3) is 0 Å². The SMILES string of the molecule is CCOC(=O)C(C(=O)NCc1ncn[nH]1)C(C)(C)C. The fraction of sp³-hybridized carbons (Fsp3) is 0.667. The van der Waals surface area contributed by atoms with E-state index in [2.05, 4.69) is 20.5 Å². The monoisotopic (exact) mass is 268 g/mol. The first kappa shape index (κ1) is 15.1. The molecule has 1 rings (SSSR count). The van der Waals surface area contributed by atoms with E-state index >= 15 is 0 Å². The number of amides is 1. The average molecular weight is 268 g/mol. The summed E-state index contributed by atoms with van der Waals surface area (Å²) in [7, 11) is 0. The summed E-state index contributed by atoms with van der Waals surface area (Å²) >= 11 is 0. The maximum absolute atomic E-state index is 12.1. The van der Waals surface area contributed by atoms with Crippen LogP contribution in [0.1, 0.15) is 33.5 Å². The van der Waals surface area contributed by atoms with Crippen molar-refractivity contribution in [3.8, 4) is 0 Å². The zero-order valence-electron chi connectivity index (χ0n) is 11.7. The molecule has 1 amide bonds. The summed E-state index contributed by atoms with van der Waals surface area (Å²) in [5.41, 5.74) is -0.516. The van der Waals surface area contributed by atoms with E-state index in [1.165, 1.54) is 6.33 Å². The van der Waals surface area contributed by atoms with Gasteiger partial charge in [-0.1, -0.05) is 20.8 Å². The Labute approximate surface area is 112 Å². The highest BCUT2D eigenvalue weighted by Gasteiger charge is 2.38. The van der Waals surface area contributed by atoms with Gasteiger partial charge in [-0.2, -0.15) is 5.10 Å². The van der Waals surface area contributed by atoms with Crippen molar-refractivity contribution in [2.75, 3.05) is 6.61 Å². The normalized spacial score (nSPS) is 12.8. The molecule has 0 aliphatic carbocycles. The Hall–Kier alpha value is -1.92. The molecular weight excluding hydrogens is 248 g/mol. The maximum atomic E-state index is 12.1. The first-order chi connectivity index (χ1) is 8.86. The van der Waals surface area contributed by atoms with E-state index in [0.717, 1.165) is 0 Å². The molecule has 0 saturated carbocycles. The summed E-state index contributed by atoms with van der Waals surface area (Å²) in [4.78, 5) is 27.9. The summed E-state index contributed by atoms with van der Waals surface area (Å²) in [6.07, 6.45) is 1.36. The van der Waals surface area contributed by atoms with Crippen LogP contribution in [-0.2, 0) is 20.9 Å². The highest BCUT2D eigenvalue weighted by atomic mass is 16.5. The molecule has 7 heteroatoms. The molecule has 0 fully saturated rings. The first-order valence-corrected chi connectivity index (χ1v) is 6.14. The minimum absolute atomic E-state index is 0.199. The molecular formula is C12H20N4O3. The molecule has 0 aromatic carbocycles. The van der Waals surface area contributed by atoms with Crippen molar-refractivity contribution in [3.05, 3.63) is 12.2 Å². The molecule has 0 aliphatic rings. The van der Waals surface area contributed by atoms with Crippen LogP contribution in [0.15, 0.2) is 6.33 Å². The third kappa shape index (κ3) is 4.35. The van der Waals surface area contributed by atoms with Crippen molar-refractivity contribution in [1.82, 2.24) is 20.5 Å². The molecule has 106 valence electrons. The number of carbonyl (C=O) groups is 2. The quantitative estimate of drug-likeness (QED) is 0.603. The molecule has 0 saturated heterocycles. The van der Waals surface area contributed by atoms with E-state index in [0.29, 0.717) is 5.82 Å². The lowest BCUT2D eigenvalue weighted by molar-refractivity contribution is -0.156. The minimum Gasteiger partial charge on any atom is -0.465 e. The predicted molar refractivity (Wildman–Crippen MR) is 67.8 cm³/mol. The first-order valence-electron chi connectivity index (χ1n) is 6.14. The van der Waals surface area contributed by atoms with Gasteiger partial charge in [-0.15, -0.1) is 0 Å². The van der Waals surface area contributed by atoms with E-state index < -0.39 is 17.3 Å². The second-order valence-corrected chi connectivity index (χ2v) is 5.20. The van der Waals surface area contributed by atoms with Gasteiger partial charge in [0.1, 0.15) is 18.1 Å². The largest absolute Gasteiger partial charge is 0.465 e. The third-order valence-corrected chi connectivity index (χ3v) is 2.55. The fourth-order valence-corrected chi connectivity index (χ4v) is 1.67. The molecule has 7 nitrogen and oxygen atoms in total. The molecule has 1 aromatic heterocycles. The highest BCUT2D eigenvalue weighted by molar-refractivity contribution is 5.98. The Bertz CT molecular complexity index is 423. The number of esters is 1. The smallest absolute Gasteiger partial charge is 0.319 e. The van der Waals surface area contributed by atoms with Gasteiger partial charge in [0.2, 0.25) is 5.91 Å². The predicted octanol–water partition coefficient (Wildman–Crippen LogP) is 0.646. The molecule has 2 N–H and O–H groups in total. The van der Waals surface area contributed by atoms with Crippen LogP contribution in [-0.4, -0.2) is 33.7 Å². The van der Waals surface area contributed by atoms with Crippen molar-refractivity contribution < 1.29 is 14.3 Å². The zero-order valence-corrected chi connectivity index (χ0v) is 11.7. The zero-order chi connectivity index (χ0) is 14.5. The molecule has 1 aromatic rings. The van der Waals surface area contributed by atoms with Crippen LogP contribution in [0.2, 0.25) is 0 Å². The third-order valence-electron chi connectivity index (χ3n) is 2.55. The van der Waals surface area contributed by atoms with Crippen LogP contribution in [0.25, 0.3) is 0 Å². The van der Waals surface area contributed by atoms with Gasteiger partial charge in [-0.05, 0) is 12.3 Å². The van der Waals surface area contributed by atoms with E-state index in [4.69, 9.17) is 4.74 Å². The number of nitrogens with one attached hydrogen (secondary N) is 2. The lowest BCUT2D eigenvalue weighted by Crippen LogP contribution is -2.43. The number of hydrogen-bond acceptors (Lipinski definition) is 5. The van der Waals surface area contributed by atoms with Crippen molar-refractivity contribution >= 4 is 11.9 Å². The molecule has 19 heavy (non-hydrogen) atoms. The second kappa shape index (κ2) is 6.31. The van der Waals surface area contributed by atoms with Crippen molar-refractivity contribution in [2.45, 2.75) is 34.2 Å². The van der Waals surface area contributed by atoms with E-state index in [9.17, 15) is 9.59 Å². The van der Waals surface area contributed by atoms with Gasteiger partial charge in [0.05, 0.1) is 13.2 Å². The Morgan fingerprint density at radius 3 is 2.63 bits per heavy atom. The van der Waals surface area contributed by atoms with Crippen LogP contribution in [0.5, 0.6) is 0 Å². The Morgan fingerprint density at radius 2 is 2.16 bits per heavy atom. The van der Waals surface area contributed by atoms with Gasteiger partial charge in [0.15, 0.2) is 0 Å². The van der Waals surface area contributed by atoms with Crippen molar-refractivity contribution in [3.63, 3.8) is 0 Å². The van der Waals surface area contributed by atoms with Gasteiger partial charge in [-0.3, -0.25) is 14.7 Å². The van der Waals surface area contributed by atoms with Crippen molar-refractivity contribution in [1.29, 1.82) is 0 Å². The lowest BCUT2D eigenvalue weighted by atomic mass is 9.80. The number of hydrogen-bond donors (Lipinski definition) is 2. The number of aromatic nitrogens is 3. The number of aromatic amines is 1. The Morgan fingerprint density at radius 1 is 1.47 bits per heavy atom. The molecule has 0 bridgehead atoms. The summed E-state index contributed by atoms with van der Waals surface area (Å²) in [5, 5.41) is 8.97. The summed E-state index contributed by atoms with van der Waals surface area (Å²) in [6.45, 7) is 7.63. The standard InChI is InChI=1S/C12H20N4O3/c1-5-19-11(18)9(12(2,3)4)10(17)13-6-8-14-7-15-16-8/h7,9H,5-6H2,1-4H3,(H,13,17)(H,14,15,16). The molecule has 1 heterocycles. The van der Waals surface area contributed by atoms with Gasteiger partial charge >= 0.3 is 5.97 Å². The van der Waals surface area contributed by atoms with Crippen LogP contribution in [0, 0.1) is 11.3 Å². The molecule has 1 unspecified atom stereocenters. The summed E-state index contributed by atoms with van der Waals surface area (Å²) < 4.78 is 4.95. The number of nitrogens with zero attached hydrogens (tertiary/aromatic N) is 2. The minimum atomic E-state index is -0.852. The van der Waals surface area contributed by atoms with E-state index in [1.54, 1.807) is 6.92 Å². The van der Waals surface area contributed by atoms with Crippen LogP contribution in [0.4, 0.5) is 0 Å². The summed E-state index contributed by atoms with van der Waals surface area (Å²) in [5.74, 6) is -1.20. The average Bonchev–Trinajstić information content (AvgIpc) is 2.77. The Balaban J connectivity index is 2.69.